The third kappa shape index (κ3) is 6.38. The molecule has 0 fully saturated rings. The predicted molar refractivity (Wildman–Crippen MR) is 254 cm³/mol. The fourth-order valence-electron chi connectivity index (χ4n) is 10.5. The quantitative estimate of drug-likeness (QED) is 0.125. The van der Waals surface area contributed by atoms with Gasteiger partial charge in [0.1, 0.15) is 0 Å². The summed E-state index contributed by atoms with van der Waals surface area (Å²) in [4.78, 5) is 2.39. The molecule has 0 aliphatic heterocycles. The van der Waals surface area contributed by atoms with Gasteiger partial charge in [-0.2, -0.15) is 0 Å². The lowest BCUT2D eigenvalue weighted by Gasteiger charge is -2.32. The summed E-state index contributed by atoms with van der Waals surface area (Å²) in [5.41, 5.74) is 21.4. The second-order valence-electron chi connectivity index (χ2n) is 17.8. The standard InChI is InChI=1S/C58H57N/c1-8-57(9-2)52-36-40(24-32-48(52)50-34-28-43(38-54(50)57)42-26-29-44(30-27-42)56(5,6)7)22-23-41-25-33-49-51-35-31-47(39-55(51)58(10-3,11-4)53(49)37-41)59(45-18-14-12-15-19-45)46-20-16-13-17-21-46/h12-39H,8-11H2,1-7H3/b23-22+. The van der Waals surface area contributed by atoms with Crippen molar-refractivity contribution in [3.63, 3.8) is 0 Å². The van der Waals surface area contributed by atoms with Gasteiger partial charge < -0.3 is 4.90 Å². The molecule has 0 atom stereocenters. The van der Waals surface area contributed by atoms with Crippen LogP contribution in [0, 0.1) is 0 Å². The molecule has 0 saturated heterocycles. The molecule has 9 rings (SSSR count). The highest BCUT2D eigenvalue weighted by Gasteiger charge is 2.42. The molecule has 0 unspecified atom stereocenters. The van der Waals surface area contributed by atoms with E-state index in [1.54, 1.807) is 0 Å². The van der Waals surface area contributed by atoms with Gasteiger partial charge in [0, 0.05) is 27.9 Å². The molecule has 0 bridgehead atoms. The smallest absolute Gasteiger partial charge is 0.0465 e. The SMILES string of the molecule is CCC1(CC)c2cc(/C=C/c3ccc4c(c3)C(CC)(CC)c3cc(N(c5ccccc5)c5ccccc5)ccc3-4)ccc2-c2ccc(-c3ccc(C(C)(C)C)cc3)cc21. The van der Waals surface area contributed by atoms with Crippen LogP contribution >= 0.6 is 0 Å². The van der Waals surface area contributed by atoms with E-state index in [9.17, 15) is 0 Å². The maximum absolute atomic E-state index is 2.49. The molecule has 7 aromatic rings. The van der Waals surface area contributed by atoms with E-state index >= 15 is 0 Å². The van der Waals surface area contributed by atoms with E-state index in [4.69, 9.17) is 0 Å². The zero-order chi connectivity index (χ0) is 40.9. The molecular weight excluding hydrogens is 711 g/mol. The summed E-state index contributed by atoms with van der Waals surface area (Å²) in [7, 11) is 0. The minimum atomic E-state index is -0.0573. The third-order valence-electron chi connectivity index (χ3n) is 14.0. The maximum Gasteiger partial charge on any atom is 0.0465 e. The molecule has 0 aromatic heterocycles. The molecule has 1 nitrogen and oxygen atoms in total. The van der Waals surface area contributed by atoms with Gasteiger partial charge in [-0.25, -0.2) is 0 Å². The lowest BCUT2D eigenvalue weighted by Crippen LogP contribution is -2.23. The molecule has 1 heteroatoms. The summed E-state index contributed by atoms with van der Waals surface area (Å²) in [6.45, 7) is 16.3. The van der Waals surface area contributed by atoms with E-state index in [0.717, 1.165) is 37.1 Å². The monoisotopic (exact) mass is 767 g/mol. The van der Waals surface area contributed by atoms with Crippen molar-refractivity contribution >= 4 is 29.2 Å². The molecule has 7 aromatic carbocycles. The van der Waals surface area contributed by atoms with Crippen molar-refractivity contribution in [2.75, 3.05) is 4.90 Å². The fourth-order valence-corrected chi connectivity index (χ4v) is 10.5. The minimum Gasteiger partial charge on any atom is -0.310 e. The van der Waals surface area contributed by atoms with E-state index in [1.165, 1.54) is 78.0 Å². The second-order valence-corrected chi connectivity index (χ2v) is 17.8. The predicted octanol–water partition coefficient (Wildman–Crippen LogP) is 16.5. The highest BCUT2D eigenvalue weighted by molar-refractivity contribution is 5.88. The van der Waals surface area contributed by atoms with Gasteiger partial charge in [-0.15, -0.1) is 0 Å². The van der Waals surface area contributed by atoms with Crippen LogP contribution in [-0.2, 0) is 16.2 Å². The van der Waals surface area contributed by atoms with E-state index in [0.29, 0.717) is 0 Å². The third-order valence-corrected chi connectivity index (χ3v) is 14.0. The Morgan fingerprint density at radius 2 is 0.814 bits per heavy atom. The Morgan fingerprint density at radius 1 is 0.407 bits per heavy atom. The number of fused-ring (bicyclic) bond motifs is 6. The highest BCUT2D eigenvalue weighted by Crippen LogP contribution is 2.56. The van der Waals surface area contributed by atoms with E-state index < -0.39 is 0 Å². The molecule has 0 amide bonds. The number of rotatable bonds is 10. The molecule has 0 spiro atoms. The van der Waals surface area contributed by atoms with Crippen molar-refractivity contribution in [1.29, 1.82) is 0 Å². The Morgan fingerprint density at radius 3 is 1.27 bits per heavy atom. The van der Waals surface area contributed by atoms with Crippen LogP contribution in [0.25, 0.3) is 45.5 Å². The molecule has 2 aliphatic rings. The topological polar surface area (TPSA) is 3.24 Å². The Balaban J connectivity index is 1.04. The zero-order valence-electron chi connectivity index (χ0n) is 35.9. The Hall–Kier alpha value is -5.92. The summed E-state index contributed by atoms with van der Waals surface area (Å²) < 4.78 is 0. The van der Waals surface area contributed by atoms with Crippen molar-refractivity contribution in [2.24, 2.45) is 0 Å². The van der Waals surface area contributed by atoms with Gasteiger partial charge in [0.15, 0.2) is 0 Å². The number of hydrogen-bond donors (Lipinski definition) is 0. The van der Waals surface area contributed by atoms with Gasteiger partial charge in [-0.3, -0.25) is 0 Å². The molecule has 0 saturated carbocycles. The van der Waals surface area contributed by atoms with Crippen LogP contribution in [0.2, 0.25) is 0 Å². The zero-order valence-corrected chi connectivity index (χ0v) is 35.9. The molecule has 2 aliphatic carbocycles. The first-order valence-corrected chi connectivity index (χ1v) is 21.9. The van der Waals surface area contributed by atoms with Crippen molar-refractivity contribution in [3.8, 4) is 33.4 Å². The largest absolute Gasteiger partial charge is 0.310 e. The Bertz CT molecular complexity index is 2630. The van der Waals surface area contributed by atoms with Crippen molar-refractivity contribution in [2.45, 2.75) is 90.4 Å². The van der Waals surface area contributed by atoms with Crippen LogP contribution in [0.5, 0.6) is 0 Å². The highest BCUT2D eigenvalue weighted by atomic mass is 15.1. The van der Waals surface area contributed by atoms with Crippen LogP contribution in [-0.4, -0.2) is 0 Å². The summed E-state index contributed by atoms with van der Waals surface area (Å²) in [6.07, 6.45) is 8.90. The summed E-state index contributed by atoms with van der Waals surface area (Å²) in [5.74, 6) is 0. The first-order valence-electron chi connectivity index (χ1n) is 21.9. The lowest BCUT2D eigenvalue weighted by atomic mass is 9.73. The lowest BCUT2D eigenvalue weighted by molar-refractivity contribution is 0.490. The van der Waals surface area contributed by atoms with Crippen LogP contribution in [0.3, 0.4) is 0 Å². The number of nitrogens with zero attached hydrogens (tertiary/aromatic N) is 1. The summed E-state index contributed by atoms with van der Waals surface area (Å²) in [5, 5.41) is 0. The first kappa shape index (κ1) is 38.6. The van der Waals surface area contributed by atoms with Gasteiger partial charge in [0.25, 0.3) is 0 Å². The molecule has 0 heterocycles. The Labute approximate surface area is 353 Å². The molecule has 0 N–H and O–H groups in total. The van der Waals surface area contributed by atoms with E-state index in [-0.39, 0.29) is 16.2 Å². The summed E-state index contributed by atoms with van der Waals surface area (Å²) in [6, 6.07) is 59.4. The van der Waals surface area contributed by atoms with Gasteiger partial charge in [0.05, 0.1) is 0 Å². The average Bonchev–Trinajstić information content (AvgIpc) is 3.71. The number of benzene rings is 7. The molecule has 294 valence electrons. The van der Waals surface area contributed by atoms with Gasteiger partial charge in [-0.1, -0.05) is 176 Å². The first-order chi connectivity index (χ1) is 28.6. The van der Waals surface area contributed by atoms with Crippen molar-refractivity contribution < 1.29 is 0 Å². The molecule has 0 radical (unpaired) electrons. The second kappa shape index (κ2) is 15.0. The van der Waals surface area contributed by atoms with Crippen molar-refractivity contribution in [3.05, 3.63) is 197 Å². The average molecular weight is 768 g/mol. The number of para-hydroxylation sites is 2. The van der Waals surface area contributed by atoms with Crippen LogP contribution < -0.4 is 4.90 Å². The maximum atomic E-state index is 2.49. The molecular formula is C58H57N. The van der Waals surface area contributed by atoms with Gasteiger partial charge in [-0.05, 0) is 146 Å². The van der Waals surface area contributed by atoms with E-state index in [1.807, 2.05) is 0 Å². The number of anilines is 3. The fraction of sp³-hybridized carbons (Fsp3) is 0.241. The normalized spacial score (nSPS) is 14.5. The van der Waals surface area contributed by atoms with E-state index in [2.05, 4.69) is 223 Å². The van der Waals surface area contributed by atoms with Crippen LogP contribution in [0.1, 0.15) is 113 Å². The minimum absolute atomic E-state index is 0.00741. The molecule has 59 heavy (non-hydrogen) atoms. The number of hydrogen-bond acceptors (Lipinski definition) is 1. The van der Waals surface area contributed by atoms with Gasteiger partial charge >= 0.3 is 0 Å². The van der Waals surface area contributed by atoms with Crippen LogP contribution in [0.15, 0.2) is 158 Å². The summed E-state index contributed by atoms with van der Waals surface area (Å²) >= 11 is 0. The van der Waals surface area contributed by atoms with Crippen molar-refractivity contribution in [1.82, 2.24) is 0 Å². The van der Waals surface area contributed by atoms with Crippen LogP contribution in [0.4, 0.5) is 17.1 Å². The Kier molecular flexibility index (Phi) is 9.83. The van der Waals surface area contributed by atoms with Gasteiger partial charge in [0.2, 0.25) is 0 Å².